The van der Waals surface area contributed by atoms with Crippen LogP contribution >= 0.6 is 0 Å². The van der Waals surface area contributed by atoms with E-state index in [9.17, 15) is 15.3 Å². The number of rotatable bonds is 7. The van der Waals surface area contributed by atoms with Gasteiger partial charge in [-0.05, 0) is 41.2 Å². The summed E-state index contributed by atoms with van der Waals surface area (Å²) in [7, 11) is 0. The summed E-state index contributed by atoms with van der Waals surface area (Å²) in [4.78, 5) is 2.30. The van der Waals surface area contributed by atoms with Crippen LogP contribution in [0.3, 0.4) is 0 Å². The summed E-state index contributed by atoms with van der Waals surface area (Å²) in [6, 6.07) is 26.5. The second kappa shape index (κ2) is 10.6. The molecule has 34 heavy (non-hydrogen) atoms. The Balaban J connectivity index is 1.47. The lowest BCUT2D eigenvalue weighted by atomic mass is 9.84. The van der Waals surface area contributed by atoms with E-state index in [1.807, 2.05) is 26.0 Å². The van der Waals surface area contributed by atoms with Crippen LogP contribution in [0.2, 0.25) is 0 Å². The van der Waals surface area contributed by atoms with Gasteiger partial charge in [0.05, 0.1) is 12.7 Å². The van der Waals surface area contributed by atoms with E-state index in [1.54, 1.807) is 6.07 Å². The Morgan fingerprint density at radius 1 is 0.882 bits per heavy atom. The smallest absolute Gasteiger partial charge is 0.119 e. The summed E-state index contributed by atoms with van der Waals surface area (Å²) < 4.78 is 0. The standard InChI is InChI=1S/C30H35NO3/c1-30(2,21-32)26-14-13-25(19-27(26)33)28(34)20-31-17-15-24(16-18-31)29(22-9-5-3-6-10-22)23-11-7-4-8-12-23/h3-14,19,28,32-34H,15-18,20-21H2,1-2H3. The summed E-state index contributed by atoms with van der Waals surface area (Å²) >= 11 is 0. The first-order valence-electron chi connectivity index (χ1n) is 12.1. The molecule has 1 fully saturated rings. The molecule has 1 unspecified atom stereocenters. The van der Waals surface area contributed by atoms with E-state index in [0.29, 0.717) is 17.7 Å². The van der Waals surface area contributed by atoms with E-state index in [1.165, 1.54) is 22.3 Å². The zero-order valence-electron chi connectivity index (χ0n) is 20.1. The molecule has 0 aliphatic carbocycles. The fourth-order valence-electron chi connectivity index (χ4n) is 4.80. The molecule has 0 radical (unpaired) electrons. The molecule has 0 bridgehead atoms. The van der Waals surface area contributed by atoms with Crippen molar-refractivity contribution in [1.29, 1.82) is 0 Å². The Labute approximate surface area is 202 Å². The SMILES string of the molecule is CC(C)(CO)c1ccc(C(O)CN2CCC(=C(c3ccccc3)c3ccccc3)CC2)cc1O. The molecule has 1 aliphatic rings. The second-order valence-electron chi connectivity index (χ2n) is 9.85. The van der Waals surface area contributed by atoms with Crippen molar-refractivity contribution in [2.75, 3.05) is 26.2 Å². The lowest BCUT2D eigenvalue weighted by molar-refractivity contribution is 0.108. The van der Waals surface area contributed by atoms with E-state index < -0.39 is 11.5 Å². The molecule has 4 heteroatoms. The summed E-state index contributed by atoms with van der Waals surface area (Å²) in [5.41, 5.74) is 6.14. The lowest BCUT2D eigenvalue weighted by Crippen LogP contribution is -2.34. The summed E-state index contributed by atoms with van der Waals surface area (Å²) in [6.45, 7) is 6.02. The molecule has 178 valence electrons. The van der Waals surface area contributed by atoms with Gasteiger partial charge in [0.15, 0.2) is 0 Å². The number of aliphatic hydroxyl groups excluding tert-OH is 2. The van der Waals surface area contributed by atoms with E-state index in [4.69, 9.17) is 0 Å². The van der Waals surface area contributed by atoms with Gasteiger partial charge in [-0.15, -0.1) is 0 Å². The van der Waals surface area contributed by atoms with Gasteiger partial charge in [0.2, 0.25) is 0 Å². The first kappa shape index (κ1) is 24.2. The van der Waals surface area contributed by atoms with Crippen molar-refractivity contribution in [3.63, 3.8) is 0 Å². The van der Waals surface area contributed by atoms with Crippen molar-refractivity contribution in [3.05, 3.63) is 107 Å². The molecular weight excluding hydrogens is 422 g/mol. The molecule has 4 nitrogen and oxygen atoms in total. The van der Waals surface area contributed by atoms with Crippen LogP contribution in [-0.4, -0.2) is 46.5 Å². The molecule has 0 spiro atoms. The minimum atomic E-state index is -0.676. The highest BCUT2D eigenvalue weighted by Gasteiger charge is 2.25. The van der Waals surface area contributed by atoms with Gasteiger partial charge < -0.3 is 15.3 Å². The van der Waals surface area contributed by atoms with Crippen LogP contribution in [0.4, 0.5) is 0 Å². The van der Waals surface area contributed by atoms with Crippen LogP contribution in [0.25, 0.3) is 5.57 Å². The predicted octanol–water partition coefficient (Wildman–Crippen LogP) is 5.29. The number of phenols is 1. The summed E-state index contributed by atoms with van der Waals surface area (Å²) in [5, 5.41) is 31.0. The van der Waals surface area contributed by atoms with Gasteiger partial charge in [0.25, 0.3) is 0 Å². The van der Waals surface area contributed by atoms with E-state index in [2.05, 4.69) is 65.6 Å². The Hall–Kier alpha value is -2.92. The average molecular weight is 458 g/mol. The highest BCUT2D eigenvalue weighted by molar-refractivity contribution is 5.82. The fourth-order valence-corrected chi connectivity index (χ4v) is 4.80. The second-order valence-corrected chi connectivity index (χ2v) is 9.85. The Morgan fingerprint density at radius 2 is 1.44 bits per heavy atom. The topological polar surface area (TPSA) is 63.9 Å². The zero-order valence-corrected chi connectivity index (χ0v) is 20.1. The van der Waals surface area contributed by atoms with Crippen LogP contribution in [-0.2, 0) is 5.41 Å². The van der Waals surface area contributed by atoms with Crippen molar-refractivity contribution >= 4 is 5.57 Å². The van der Waals surface area contributed by atoms with Crippen LogP contribution in [0.1, 0.15) is 55.0 Å². The quantitative estimate of drug-likeness (QED) is 0.451. The third-order valence-corrected chi connectivity index (χ3v) is 6.90. The maximum atomic E-state index is 10.9. The van der Waals surface area contributed by atoms with Gasteiger partial charge in [0, 0.05) is 30.6 Å². The van der Waals surface area contributed by atoms with Gasteiger partial charge >= 0.3 is 0 Å². The van der Waals surface area contributed by atoms with Crippen molar-refractivity contribution in [2.24, 2.45) is 0 Å². The third-order valence-electron chi connectivity index (χ3n) is 6.90. The molecule has 3 N–H and O–H groups in total. The van der Waals surface area contributed by atoms with E-state index >= 15 is 0 Å². The Morgan fingerprint density at radius 3 is 1.94 bits per heavy atom. The highest BCUT2D eigenvalue weighted by atomic mass is 16.3. The van der Waals surface area contributed by atoms with Gasteiger partial charge in [-0.3, -0.25) is 4.90 Å². The van der Waals surface area contributed by atoms with Crippen molar-refractivity contribution in [3.8, 4) is 5.75 Å². The molecule has 4 rings (SSSR count). The zero-order chi connectivity index (χ0) is 24.1. The molecule has 3 aromatic carbocycles. The molecule has 0 saturated carbocycles. The number of aromatic hydroxyl groups is 1. The number of aliphatic hydroxyl groups is 2. The maximum Gasteiger partial charge on any atom is 0.119 e. The number of phenolic OH excluding ortho intramolecular Hbond substituents is 1. The molecule has 1 heterocycles. The monoisotopic (exact) mass is 457 g/mol. The molecule has 1 atom stereocenters. The minimum absolute atomic E-state index is 0.0555. The van der Waals surface area contributed by atoms with Crippen molar-refractivity contribution in [2.45, 2.75) is 38.2 Å². The Kier molecular flexibility index (Phi) is 7.52. The van der Waals surface area contributed by atoms with E-state index in [0.717, 1.165) is 25.9 Å². The number of hydrogen-bond donors (Lipinski definition) is 3. The van der Waals surface area contributed by atoms with Gasteiger partial charge in [-0.1, -0.05) is 92.2 Å². The van der Waals surface area contributed by atoms with Gasteiger partial charge in [0.1, 0.15) is 5.75 Å². The average Bonchev–Trinajstić information content (AvgIpc) is 2.86. The number of piperidine rings is 1. The molecule has 0 aromatic heterocycles. The van der Waals surface area contributed by atoms with Crippen molar-refractivity contribution in [1.82, 2.24) is 4.90 Å². The van der Waals surface area contributed by atoms with Gasteiger partial charge in [-0.25, -0.2) is 0 Å². The highest BCUT2D eigenvalue weighted by Crippen LogP contribution is 2.34. The summed E-state index contributed by atoms with van der Waals surface area (Å²) in [5.74, 6) is 0.120. The third kappa shape index (κ3) is 5.41. The van der Waals surface area contributed by atoms with Crippen LogP contribution in [0.5, 0.6) is 5.75 Å². The molecule has 1 saturated heterocycles. The summed E-state index contributed by atoms with van der Waals surface area (Å²) in [6.07, 6.45) is 1.24. The lowest BCUT2D eigenvalue weighted by Gasteiger charge is -2.32. The van der Waals surface area contributed by atoms with Crippen LogP contribution in [0, 0.1) is 0 Å². The Bertz CT molecular complexity index is 1070. The van der Waals surface area contributed by atoms with Crippen molar-refractivity contribution < 1.29 is 15.3 Å². The number of β-amino-alcohol motifs (C(OH)–C–C–N with tert-alkyl or cyclic N) is 1. The van der Waals surface area contributed by atoms with E-state index in [-0.39, 0.29) is 12.4 Å². The molecule has 0 amide bonds. The van der Waals surface area contributed by atoms with Crippen LogP contribution < -0.4 is 0 Å². The number of likely N-dealkylation sites (tertiary alicyclic amines) is 1. The normalized spacial score (nSPS) is 15.8. The van der Waals surface area contributed by atoms with Gasteiger partial charge in [-0.2, -0.15) is 0 Å². The molecule has 3 aromatic rings. The fraction of sp³-hybridized carbons (Fsp3) is 0.333. The number of benzene rings is 3. The maximum absolute atomic E-state index is 10.9. The molecular formula is C30H35NO3. The predicted molar refractivity (Wildman–Crippen MR) is 138 cm³/mol. The largest absolute Gasteiger partial charge is 0.508 e. The minimum Gasteiger partial charge on any atom is -0.508 e. The first-order valence-corrected chi connectivity index (χ1v) is 12.1. The number of hydrogen-bond acceptors (Lipinski definition) is 4. The molecule has 1 aliphatic heterocycles. The number of nitrogens with zero attached hydrogens (tertiary/aromatic N) is 1. The van der Waals surface area contributed by atoms with Crippen LogP contribution in [0.15, 0.2) is 84.4 Å². The first-order chi connectivity index (χ1) is 16.4.